The molecule has 0 spiro atoms. The first-order valence-corrected chi connectivity index (χ1v) is 8.60. The number of carbonyl (C=O) groups excluding carboxylic acids is 3. The average molecular weight is 398 g/mol. The molecule has 0 heterocycles. The molecule has 0 saturated heterocycles. The lowest BCUT2D eigenvalue weighted by Gasteiger charge is -2.20. The molecule has 0 bridgehead atoms. The van der Waals surface area contributed by atoms with Crippen molar-refractivity contribution in [2.24, 2.45) is 0 Å². The third-order valence-corrected chi connectivity index (χ3v) is 4.17. The molecule has 9 heteroatoms. The van der Waals surface area contributed by atoms with Gasteiger partial charge in [0, 0.05) is 27.2 Å². The van der Waals surface area contributed by atoms with Crippen LogP contribution in [0.2, 0.25) is 0 Å². The van der Waals surface area contributed by atoms with Gasteiger partial charge in [-0.2, -0.15) is 0 Å². The largest absolute Gasteiger partial charge is 0.462 e. The minimum absolute atomic E-state index is 0.0414. The molecule has 0 atom stereocenters. The van der Waals surface area contributed by atoms with Gasteiger partial charge in [-0.25, -0.2) is 18.0 Å². The van der Waals surface area contributed by atoms with Crippen molar-refractivity contribution in [3.63, 3.8) is 0 Å². The van der Waals surface area contributed by atoms with Crippen LogP contribution in [-0.4, -0.2) is 43.3 Å². The number of halogens is 3. The van der Waals surface area contributed by atoms with Gasteiger partial charge < -0.3 is 15.0 Å². The van der Waals surface area contributed by atoms with E-state index in [4.69, 9.17) is 4.74 Å². The second-order valence-electron chi connectivity index (χ2n) is 6.73. The van der Waals surface area contributed by atoms with Gasteiger partial charge in [-0.15, -0.1) is 0 Å². The van der Waals surface area contributed by atoms with E-state index in [1.54, 1.807) is 0 Å². The van der Waals surface area contributed by atoms with Gasteiger partial charge in [-0.1, -0.05) is 0 Å². The van der Waals surface area contributed by atoms with Gasteiger partial charge in [0.25, 0.3) is 0 Å². The van der Waals surface area contributed by atoms with E-state index in [9.17, 15) is 27.6 Å². The van der Waals surface area contributed by atoms with E-state index in [-0.39, 0.29) is 19.4 Å². The van der Waals surface area contributed by atoms with Gasteiger partial charge in [0.2, 0.25) is 11.7 Å². The number of nitrogens with zero attached hydrogens (tertiary/aromatic N) is 1. The average Bonchev–Trinajstić information content (AvgIpc) is 3.34. The summed E-state index contributed by atoms with van der Waals surface area (Å²) in [4.78, 5) is 37.3. The van der Waals surface area contributed by atoms with E-state index in [0.717, 1.165) is 6.20 Å². The van der Waals surface area contributed by atoms with E-state index >= 15 is 0 Å². The minimum atomic E-state index is -1.59. The van der Waals surface area contributed by atoms with Crippen molar-refractivity contribution in [2.45, 2.75) is 32.2 Å². The molecule has 6 nitrogen and oxygen atoms in total. The van der Waals surface area contributed by atoms with E-state index in [0.29, 0.717) is 6.07 Å². The molecule has 0 aliphatic heterocycles. The smallest absolute Gasteiger partial charge is 0.343 e. The predicted octanol–water partition coefficient (Wildman–Crippen LogP) is 2.42. The second-order valence-corrected chi connectivity index (χ2v) is 6.73. The Bertz CT molecular complexity index is 861. The molecule has 1 aliphatic carbocycles. The van der Waals surface area contributed by atoms with E-state index < -0.39 is 57.4 Å². The summed E-state index contributed by atoms with van der Waals surface area (Å²) >= 11 is 0. The van der Waals surface area contributed by atoms with Crippen molar-refractivity contribution in [1.82, 2.24) is 10.2 Å². The maximum atomic E-state index is 14.7. The highest BCUT2D eigenvalue weighted by atomic mass is 19.2. The molecule has 0 unspecified atom stereocenters. The Hall–Kier alpha value is -2.84. The van der Waals surface area contributed by atoms with Gasteiger partial charge in [0.15, 0.2) is 11.6 Å². The summed E-state index contributed by atoms with van der Waals surface area (Å²) in [5.74, 6) is -7.10. The summed E-state index contributed by atoms with van der Waals surface area (Å²) in [6, 6.07) is 0.542. The molecular formula is C19H21F3N2O4. The van der Waals surface area contributed by atoms with Crippen molar-refractivity contribution in [3.05, 3.63) is 46.4 Å². The van der Waals surface area contributed by atoms with Crippen LogP contribution in [0.3, 0.4) is 0 Å². The van der Waals surface area contributed by atoms with Crippen LogP contribution in [-0.2, 0) is 19.9 Å². The standard InChI is InChI=1S/C19H21F3N2O4/c1-5-28-18(27)12(9-24(3)4)17(26)11-8-13(20)14(16(22)15(11)21)19(6-7-19)23-10(2)25/h8-9H,5-7H2,1-4H3,(H,23,25)/b12-9+. The summed E-state index contributed by atoms with van der Waals surface area (Å²) in [7, 11) is 3.02. The summed E-state index contributed by atoms with van der Waals surface area (Å²) in [5.41, 5.74) is -3.46. The maximum absolute atomic E-state index is 14.7. The Morgan fingerprint density at radius 3 is 2.29 bits per heavy atom. The predicted molar refractivity (Wildman–Crippen MR) is 93.8 cm³/mol. The fraction of sp³-hybridized carbons (Fsp3) is 0.421. The highest BCUT2D eigenvalue weighted by Gasteiger charge is 2.50. The van der Waals surface area contributed by atoms with Crippen molar-refractivity contribution in [3.8, 4) is 0 Å². The number of carbonyl (C=O) groups is 3. The number of nitrogens with one attached hydrogen (secondary N) is 1. The number of ketones is 1. The Balaban J connectivity index is 2.54. The molecule has 1 amide bonds. The Labute approximate surface area is 160 Å². The van der Waals surface area contributed by atoms with Crippen LogP contribution in [0.4, 0.5) is 13.2 Å². The molecule has 152 valence electrons. The van der Waals surface area contributed by atoms with Crippen LogP contribution in [0.25, 0.3) is 0 Å². The van der Waals surface area contributed by atoms with Crippen molar-refractivity contribution >= 4 is 17.7 Å². The lowest BCUT2D eigenvalue weighted by molar-refractivity contribution is -0.138. The summed E-state index contributed by atoms with van der Waals surface area (Å²) < 4.78 is 48.8. The number of esters is 1. The third-order valence-electron chi connectivity index (χ3n) is 4.17. The molecule has 1 aromatic carbocycles. The first kappa shape index (κ1) is 21.5. The topological polar surface area (TPSA) is 75.7 Å². The molecule has 0 radical (unpaired) electrons. The summed E-state index contributed by atoms with van der Waals surface area (Å²) in [6.45, 7) is 2.66. The number of benzene rings is 1. The number of hydrogen-bond donors (Lipinski definition) is 1. The van der Waals surface area contributed by atoms with Crippen molar-refractivity contribution in [2.75, 3.05) is 20.7 Å². The van der Waals surface area contributed by atoms with Gasteiger partial charge in [0.05, 0.1) is 23.3 Å². The molecule has 1 N–H and O–H groups in total. The minimum Gasteiger partial charge on any atom is -0.462 e. The third kappa shape index (κ3) is 4.18. The molecule has 1 saturated carbocycles. The fourth-order valence-corrected chi connectivity index (χ4v) is 2.91. The molecule has 1 aromatic rings. The van der Waals surface area contributed by atoms with E-state index in [1.807, 2.05) is 0 Å². The van der Waals surface area contributed by atoms with Crippen LogP contribution in [0.1, 0.15) is 42.6 Å². The van der Waals surface area contributed by atoms with Crippen molar-refractivity contribution < 1.29 is 32.3 Å². The Morgan fingerprint density at radius 2 is 1.82 bits per heavy atom. The maximum Gasteiger partial charge on any atom is 0.343 e. The lowest BCUT2D eigenvalue weighted by atomic mass is 9.96. The van der Waals surface area contributed by atoms with Crippen LogP contribution in [0, 0.1) is 17.5 Å². The first-order valence-electron chi connectivity index (χ1n) is 8.60. The number of ether oxygens (including phenoxy) is 1. The highest BCUT2D eigenvalue weighted by molar-refractivity contribution is 6.24. The second kappa shape index (κ2) is 8.04. The van der Waals surface area contributed by atoms with Gasteiger partial charge in [0.1, 0.15) is 11.4 Å². The molecule has 2 rings (SSSR count). The van der Waals surface area contributed by atoms with Gasteiger partial charge >= 0.3 is 5.97 Å². The highest BCUT2D eigenvalue weighted by Crippen LogP contribution is 2.48. The Morgan fingerprint density at radius 1 is 1.21 bits per heavy atom. The van der Waals surface area contributed by atoms with Crippen molar-refractivity contribution in [1.29, 1.82) is 0 Å². The molecule has 1 fully saturated rings. The fourth-order valence-electron chi connectivity index (χ4n) is 2.91. The number of rotatable bonds is 7. The van der Waals surface area contributed by atoms with Crippen LogP contribution in [0.5, 0.6) is 0 Å². The van der Waals surface area contributed by atoms with Crippen LogP contribution < -0.4 is 5.32 Å². The number of hydrogen-bond acceptors (Lipinski definition) is 5. The zero-order valence-corrected chi connectivity index (χ0v) is 16.0. The zero-order chi connectivity index (χ0) is 21.2. The monoisotopic (exact) mass is 398 g/mol. The molecule has 1 aliphatic rings. The lowest BCUT2D eigenvalue weighted by Crippen LogP contribution is -2.35. The van der Waals surface area contributed by atoms with E-state index in [1.165, 1.54) is 32.8 Å². The molecular weight excluding hydrogens is 377 g/mol. The Kier molecular flexibility index (Phi) is 6.16. The zero-order valence-electron chi connectivity index (χ0n) is 16.0. The summed E-state index contributed by atoms with van der Waals surface area (Å²) in [6.07, 6.45) is 1.56. The van der Waals surface area contributed by atoms with Gasteiger partial charge in [-0.05, 0) is 25.8 Å². The number of Topliss-reactive ketones (excluding diaryl/α,β-unsaturated/α-hetero) is 1. The van der Waals surface area contributed by atoms with E-state index in [2.05, 4.69) is 5.32 Å². The van der Waals surface area contributed by atoms with Crippen LogP contribution >= 0.6 is 0 Å². The molecule has 28 heavy (non-hydrogen) atoms. The summed E-state index contributed by atoms with van der Waals surface area (Å²) in [5, 5.41) is 2.43. The normalized spacial score (nSPS) is 15.0. The number of amides is 1. The quantitative estimate of drug-likeness (QED) is 0.191. The van der Waals surface area contributed by atoms with Crippen LogP contribution in [0.15, 0.2) is 17.8 Å². The SMILES string of the molecule is CCOC(=O)/C(=C/N(C)C)C(=O)c1cc(F)c(C2(NC(C)=O)CC2)c(F)c1F. The molecule has 0 aromatic heterocycles. The van der Waals surface area contributed by atoms with Gasteiger partial charge in [-0.3, -0.25) is 9.59 Å². The first-order chi connectivity index (χ1) is 13.0.